The van der Waals surface area contributed by atoms with Crippen LogP contribution in [0.3, 0.4) is 0 Å². The molecule has 0 radical (unpaired) electrons. The molecule has 90 valence electrons. The van der Waals surface area contributed by atoms with Crippen LogP contribution in [0.1, 0.15) is 24.4 Å². The second-order valence-electron chi connectivity index (χ2n) is 3.80. The molecule has 2 aromatic rings. The highest BCUT2D eigenvalue weighted by molar-refractivity contribution is 5.20. The molecule has 0 aliphatic rings. The Morgan fingerprint density at radius 1 is 1.47 bits per heavy atom. The van der Waals surface area contributed by atoms with Gasteiger partial charge in [-0.2, -0.15) is 0 Å². The van der Waals surface area contributed by atoms with Crippen molar-refractivity contribution in [2.24, 2.45) is 0 Å². The molecular formula is C11H14FN5. The summed E-state index contributed by atoms with van der Waals surface area (Å²) in [6.45, 7) is 2.51. The second-order valence-corrected chi connectivity index (χ2v) is 3.80. The standard InChI is InChI=1S/C11H14FN5/c1-8(9-4-3-5-10(12)6-9)17-11(7-13-2)14-15-16-17/h3-6,8,13H,7H2,1-2H3. The van der Waals surface area contributed by atoms with E-state index in [1.54, 1.807) is 10.7 Å². The summed E-state index contributed by atoms with van der Waals surface area (Å²) in [4.78, 5) is 0. The first-order valence-corrected chi connectivity index (χ1v) is 5.39. The average molecular weight is 235 g/mol. The lowest BCUT2D eigenvalue weighted by atomic mass is 10.1. The summed E-state index contributed by atoms with van der Waals surface area (Å²) in [6, 6.07) is 6.37. The van der Waals surface area contributed by atoms with E-state index in [0.29, 0.717) is 6.54 Å². The van der Waals surface area contributed by atoms with Gasteiger partial charge in [0.2, 0.25) is 0 Å². The van der Waals surface area contributed by atoms with E-state index in [1.165, 1.54) is 12.1 Å². The smallest absolute Gasteiger partial charge is 0.165 e. The molecule has 17 heavy (non-hydrogen) atoms. The van der Waals surface area contributed by atoms with Crippen LogP contribution in [0.2, 0.25) is 0 Å². The summed E-state index contributed by atoms with van der Waals surface area (Å²) in [5.74, 6) is 0.474. The van der Waals surface area contributed by atoms with E-state index in [2.05, 4.69) is 20.8 Å². The number of halogens is 1. The number of hydrogen-bond acceptors (Lipinski definition) is 4. The van der Waals surface area contributed by atoms with E-state index in [0.717, 1.165) is 11.4 Å². The van der Waals surface area contributed by atoms with Crippen LogP contribution in [0.5, 0.6) is 0 Å². The van der Waals surface area contributed by atoms with Crippen molar-refractivity contribution in [3.8, 4) is 0 Å². The Hall–Kier alpha value is -1.82. The van der Waals surface area contributed by atoms with E-state index in [1.807, 2.05) is 20.0 Å². The first-order valence-electron chi connectivity index (χ1n) is 5.39. The molecule has 1 aromatic carbocycles. The second kappa shape index (κ2) is 5.01. The third-order valence-corrected chi connectivity index (χ3v) is 2.59. The number of aromatic nitrogens is 4. The maximum absolute atomic E-state index is 13.1. The average Bonchev–Trinajstić information content (AvgIpc) is 2.77. The molecule has 0 bridgehead atoms. The fourth-order valence-corrected chi connectivity index (χ4v) is 1.70. The van der Waals surface area contributed by atoms with Gasteiger partial charge in [-0.05, 0) is 42.1 Å². The van der Waals surface area contributed by atoms with Gasteiger partial charge in [0, 0.05) is 0 Å². The van der Waals surface area contributed by atoms with Crippen molar-refractivity contribution in [3.05, 3.63) is 41.5 Å². The minimum atomic E-state index is -0.252. The predicted molar refractivity (Wildman–Crippen MR) is 60.8 cm³/mol. The Morgan fingerprint density at radius 3 is 3.00 bits per heavy atom. The van der Waals surface area contributed by atoms with Crippen molar-refractivity contribution in [2.45, 2.75) is 19.5 Å². The first kappa shape index (κ1) is 11.7. The molecule has 6 heteroatoms. The van der Waals surface area contributed by atoms with Gasteiger partial charge in [0.1, 0.15) is 5.82 Å². The molecule has 0 aliphatic heterocycles. The van der Waals surface area contributed by atoms with Gasteiger partial charge in [0.05, 0.1) is 12.6 Å². The van der Waals surface area contributed by atoms with E-state index in [9.17, 15) is 4.39 Å². The van der Waals surface area contributed by atoms with Gasteiger partial charge in [-0.3, -0.25) is 0 Å². The van der Waals surface area contributed by atoms with E-state index >= 15 is 0 Å². The van der Waals surface area contributed by atoms with Crippen LogP contribution in [0.25, 0.3) is 0 Å². The molecule has 2 rings (SSSR count). The molecule has 0 fully saturated rings. The van der Waals surface area contributed by atoms with Crippen LogP contribution in [0.15, 0.2) is 24.3 Å². The lowest BCUT2D eigenvalue weighted by molar-refractivity contribution is 0.509. The molecule has 1 N–H and O–H groups in total. The van der Waals surface area contributed by atoms with Crippen LogP contribution in [-0.2, 0) is 6.54 Å². The lowest BCUT2D eigenvalue weighted by Gasteiger charge is -2.13. The zero-order valence-electron chi connectivity index (χ0n) is 9.76. The summed E-state index contributed by atoms with van der Waals surface area (Å²) in [5, 5.41) is 14.5. The summed E-state index contributed by atoms with van der Waals surface area (Å²) >= 11 is 0. The minimum absolute atomic E-state index is 0.0935. The Morgan fingerprint density at radius 2 is 2.29 bits per heavy atom. The Kier molecular flexibility index (Phi) is 3.43. The summed E-state index contributed by atoms with van der Waals surface area (Å²) in [7, 11) is 1.83. The number of rotatable bonds is 4. The number of tetrazole rings is 1. The molecule has 1 unspecified atom stereocenters. The first-order chi connectivity index (χ1) is 8.22. The van der Waals surface area contributed by atoms with Gasteiger partial charge in [-0.25, -0.2) is 9.07 Å². The van der Waals surface area contributed by atoms with E-state index in [-0.39, 0.29) is 11.9 Å². The third kappa shape index (κ3) is 2.47. The van der Waals surface area contributed by atoms with Crippen molar-refractivity contribution in [3.63, 3.8) is 0 Å². The number of nitrogens with zero attached hydrogens (tertiary/aromatic N) is 4. The summed E-state index contributed by atoms with van der Waals surface area (Å²) < 4.78 is 14.8. The van der Waals surface area contributed by atoms with Gasteiger partial charge >= 0.3 is 0 Å². The molecule has 1 heterocycles. The highest BCUT2D eigenvalue weighted by Gasteiger charge is 2.14. The number of benzene rings is 1. The molecule has 0 amide bonds. The van der Waals surface area contributed by atoms with Crippen LogP contribution in [-0.4, -0.2) is 27.3 Å². The minimum Gasteiger partial charge on any atom is -0.313 e. The fourth-order valence-electron chi connectivity index (χ4n) is 1.70. The number of hydrogen-bond donors (Lipinski definition) is 1. The van der Waals surface area contributed by atoms with Gasteiger partial charge in [0.15, 0.2) is 5.82 Å². The molecule has 1 atom stereocenters. The molecular weight excluding hydrogens is 221 g/mol. The molecule has 0 aliphatic carbocycles. The van der Waals surface area contributed by atoms with Crippen molar-refractivity contribution in [1.29, 1.82) is 0 Å². The number of nitrogens with one attached hydrogen (secondary N) is 1. The predicted octanol–water partition coefficient (Wildman–Crippen LogP) is 1.14. The van der Waals surface area contributed by atoms with Gasteiger partial charge < -0.3 is 5.32 Å². The zero-order valence-corrected chi connectivity index (χ0v) is 9.76. The monoisotopic (exact) mass is 235 g/mol. The van der Waals surface area contributed by atoms with E-state index < -0.39 is 0 Å². The Balaban J connectivity index is 2.30. The Bertz CT molecular complexity index is 496. The quantitative estimate of drug-likeness (QED) is 0.863. The van der Waals surface area contributed by atoms with Gasteiger partial charge in [-0.1, -0.05) is 12.1 Å². The Labute approximate surface area is 98.6 Å². The third-order valence-electron chi connectivity index (χ3n) is 2.59. The van der Waals surface area contributed by atoms with E-state index in [4.69, 9.17) is 0 Å². The van der Waals surface area contributed by atoms with Crippen LogP contribution in [0.4, 0.5) is 4.39 Å². The fraction of sp³-hybridized carbons (Fsp3) is 0.364. The molecule has 0 spiro atoms. The molecule has 5 nitrogen and oxygen atoms in total. The zero-order chi connectivity index (χ0) is 12.3. The molecule has 1 aromatic heterocycles. The van der Waals surface area contributed by atoms with Crippen LogP contribution < -0.4 is 5.32 Å². The molecule has 0 saturated heterocycles. The van der Waals surface area contributed by atoms with Crippen molar-refractivity contribution >= 4 is 0 Å². The normalized spacial score (nSPS) is 12.6. The largest absolute Gasteiger partial charge is 0.313 e. The van der Waals surface area contributed by atoms with Gasteiger partial charge in [-0.15, -0.1) is 5.10 Å². The van der Waals surface area contributed by atoms with Crippen LogP contribution in [0, 0.1) is 5.82 Å². The maximum Gasteiger partial charge on any atom is 0.165 e. The van der Waals surface area contributed by atoms with Gasteiger partial charge in [0.25, 0.3) is 0 Å². The van der Waals surface area contributed by atoms with Crippen molar-refractivity contribution in [2.75, 3.05) is 7.05 Å². The highest BCUT2D eigenvalue weighted by Crippen LogP contribution is 2.18. The van der Waals surface area contributed by atoms with Crippen molar-refractivity contribution < 1.29 is 4.39 Å². The summed E-state index contributed by atoms with van der Waals surface area (Å²) in [6.07, 6.45) is 0. The highest BCUT2D eigenvalue weighted by atomic mass is 19.1. The maximum atomic E-state index is 13.1. The lowest BCUT2D eigenvalue weighted by Crippen LogP contribution is -2.17. The molecule has 0 saturated carbocycles. The summed E-state index contributed by atoms with van der Waals surface area (Å²) in [5.41, 5.74) is 0.842. The topological polar surface area (TPSA) is 55.6 Å². The van der Waals surface area contributed by atoms with Crippen LogP contribution >= 0.6 is 0 Å². The van der Waals surface area contributed by atoms with Crippen molar-refractivity contribution in [1.82, 2.24) is 25.5 Å². The SMILES string of the molecule is CNCc1nnnn1C(C)c1cccc(F)c1.